The average molecular weight is 329 g/mol. The molecular weight excluding hydrogens is 313 g/mol. The van der Waals surface area contributed by atoms with Crippen LogP contribution in [0.5, 0.6) is 0 Å². The van der Waals surface area contributed by atoms with Crippen LogP contribution >= 0.6 is 7.60 Å². The van der Waals surface area contributed by atoms with Gasteiger partial charge in [-0.05, 0) is 0 Å². The first-order valence-corrected chi connectivity index (χ1v) is 8.35. The Balaban J connectivity index is 1.53. The monoisotopic (exact) mass is 329 g/mol. The van der Waals surface area contributed by atoms with Gasteiger partial charge in [-0.3, -0.25) is 4.57 Å². The highest BCUT2D eigenvalue weighted by Crippen LogP contribution is 2.50. The number of aromatic nitrogens is 4. The van der Waals surface area contributed by atoms with E-state index in [0.717, 1.165) is 0 Å². The van der Waals surface area contributed by atoms with Crippen molar-refractivity contribution in [2.24, 2.45) is 0 Å². The average Bonchev–Trinajstić information content (AvgIpc) is 2.92. The van der Waals surface area contributed by atoms with Gasteiger partial charge < -0.3 is 29.2 Å². The van der Waals surface area contributed by atoms with E-state index in [-0.39, 0.29) is 26.2 Å². The third-order valence-electron chi connectivity index (χ3n) is 3.08. The van der Waals surface area contributed by atoms with Crippen molar-refractivity contribution in [2.75, 3.05) is 31.9 Å². The molecule has 10 nitrogen and oxygen atoms in total. The van der Waals surface area contributed by atoms with Gasteiger partial charge in [0.2, 0.25) is 0 Å². The van der Waals surface area contributed by atoms with E-state index in [2.05, 4.69) is 15.0 Å². The van der Waals surface area contributed by atoms with Crippen molar-refractivity contribution in [3.8, 4) is 0 Å². The van der Waals surface area contributed by atoms with Crippen LogP contribution in [0, 0.1) is 0 Å². The highest BCUT2D eigenvalue weighted by Gasteiger charge is 2.31. The third kappa shape index (κ3) is 3.26. The predicted molar refractivity (Wildman–Crippen MR) is 76.1 cm³/mol. The fourth-order valence-corrected chi connectivity index (χ4v) is 3.34. The van der Waals surface area contributed by atoms with Crippen LogP contribution in [0.15, 0.2) is 12.7 Å². The van der Waals surface area contributed by atoms with Crippen molar-refractivity contribution in [1.29, 1.82) is 0 Å². The van der Waals surface area contributed by atoms with Crippen LogP contribution in [0.2, 0.25) is 0 Å². The van der Waals surface area contributed by atoms with Gasteiger partial charge in [-0.1, -0.05) is 0 Å². The molecular formula is C11H16N5O5P. The molecule has 11 heteroatoms. The highest BCUT2D eigenvalue weighted by molar-refractivity contribution is 7.53. The number of hydrogen-bond acceptors (Lipinski definition) is 9. The first kappa shape index (κ1) is 15.3. The van der Waals surface area contributed by atoms with E-state index in [0.29, 0.717) is 23.5 Å². The van der Waals surface area contributed by atoms with Crippen LogP contribution in [0.4, 0.5) is 5.82 Å². The summed E-state index contributed by atoms with van der Waals surface area (Å²) in [5.41, 5.74) is 6.84. The lowest BCUT2D eigenvalue weighted by Gasteiger charge is -2.25. The minimum Gasteiger partial charge on any atom is -0.388 e. The lowest BCUT2D eigenvalue weighted by atomic mass is 10.4. The lowest BCUT2D eigenvalue weighted by Crippen LogP contribution is -2.27. The molecule has 2 aromatic heterocycles. The van der Waals surface area contributed by atoms with Gasteiger partial charge in [-0.2, -0.15) is 0 Å². The maximum Gasteiger partial charge on any atom is 0.356 e. The molecule has 0 radical (unpaired) electrons. The Morgan fingerprint density at radius 3 is 2.95 bits per heavy atom. The van der Waals surface area contributed by atoms with Gasteiger partial charge in [-0.25, -0.2) is 15.0 Å². The van der Waals surface area contributed by atoms with Crippen molar-refractivity contribution >= 4 is 24.6 Å². The molecule has 0 amide bonds. The first-order valence-electron chi connectivity index (χ1n) is 6.63. The number of anilines is 1. The number of nitrogen functional groups attached to an aromatic ring is 1. The number of fused-ring (bicyclic) bond motifs is 1. The maximum absolute atomic E-state index is 12.1. The number of ether oxygens (including phenoxy) is 1. The van der Waals surface area contributed by atoms with Crippen LogP contribution in [0.25, 0.3) is 11.2 Å². The number of rotatable bonds is 5. The molecule has 1 aliphatic heterocycles. The molecule has 0 bridgehead atoms. The second-order valence-electron chi connectivity index (χ2n) is 4.76. The van der Waals surface area contributed by atoms with Gasteiger partial charge in [-0.15, -0.1) is 0 Å². The van der Waals surface area contributed by atoms with Crippen molar-refractivity contribution in [2.45, 2.75) is 12.6 Å². The molecule has 3 N–H and O–H groups in total. The summed E-state index contributed by atoms with van der Waals surface area (Å²) >= 11 is 0. The van der Waals surface area contributed by atoms with Crippen LogP contribution in [0.1, 0.15) is 0 Å². The summed E-state index contributed by atoms with van der Waals surface area (Å²) in [6.07, 6.45) is 2.04. The van der Waals surface area contributed by atoms with Gasteiger partial charge in [0.25, 0.3) is 0 Å². The largest absolute Gasteiger partial charge is 0.388 e. The Kier molecular flexibility index (Phi) is 4.37. The molecule has 3 rings (SSSR count). The number of imidazole rings is 1. The maximum atomic E-state index is 12.1. The van der Waals surface area contributed by atoms with Crippen molar-refractivity contribution < 1.29 is 23.5 Å². The normalized spacial score (nSPS) is 25.6. The molecule has 0 atom stereocenters. The standard InChI is InChI=1S/C11H16N5O5P/c12-10-9-11(14-5-13-10)16(6-15-9)1-2-19-7-22(18)20-3-8(17)4-21-22/h5-6,8,17H,1-4,7H2,(H2,12,13,14). The van der Waals surface area contributed by atoms with Crippen LogP contribution < -0.4 is 5.73 Å². The molecule has 3 heterocycles. The van der Waals surface area contributed by atoms with Crippen molar-refractivity contribution in [3.63, 3.8) is 0 Å². The summed E-state index contributed by atoms with van der Waals surface area (Å²) in [5, 5.41) is 9.22. The van der Waals surface area contributed by atoms with E-state index in [4.69, 9.17) is 19.5 Å². The Morgan fingerprint density at radius 2 is 2.18 bits per heavy atom. The van der Waals surface area contributed by atoms with Crippen LogP contribution in [-0.2, 0) is 24.9 Å². The number of nitrogens with two attached hydrogens (primary N) is 1. The lowest BCUT2D eigenvalue weighted by molar-refractivity contribution is 0.00557. The SMILES string of the molecule is Nc1ncnc2c1ncn2CCOCP1(=O)OCC(O)CO1. The number of hydrogen-bond donors (Lipinski definition) is 2. The molecule has 0 saturated carbocycles. The zero-order valence-electron chi connectivity index (χ0n) is 11.7. The highest BCUT2D eigenvalue weighted by atomic mass is 31.2. The Bertz CT molecular complexity index is 695. The number of nitrogens with zero attached hydrogens (tertiary/aromatic N) is 4. The van der Waals surface area contributed by atoms with Gasteiger partial charge in [0.05, 0.1) is 26.1 Å². The first-order chi connectivity index (χ1) is 10.6. The number of aliphatic hydroxyl groups is 1. The van der Waals surface area contributed by atoms with E-state index >= 15 is 0 Å². The molecule has 1 saturated heterocycles. The molecule has 120 valence electrons. The van der Waals surface area contributed by atoms with Gasteiger partial charge in [0.1, 0.15) is 24.3 Å². The summed E-state index contributed by atoms with van der Waals surface area (Å²) in [6, 6.07) is 0. The molecule has 22 heavy (non-hydrogen) atoms. The fourth-order valence-electron chi connectivity index (χ4n) is 1.96. The topological polar surface area (TPSA) is 135 Å². The fraction of sp³-hybridized carbons (Fsp3) is 0.545. The van der Waals surface area contributed by atoms with E-state index in [1.165, 1.54) is 6.33 Å². The summed E-state index contributed by atoms with van der Waals surface area (Å²) in [7, 11) is -3.27. The minimum atomic E-state index is -3.27. The van der Waals surface area contributed by atoms with E-state index < -0.39 is 13.7 Å². The Morgan fingerprint density at radius 1 is 1.41 bits per heavy atom. The van der Waals surface area contributed by atoms with E-state index in [1.807, 2.05) is 0 Å². The molecule has 0 unspecified atom stereocenters. The molecule has 1 aliphatic rings. The smallest absolute Gasteiger partial charge is 0.356 e. The zero-order valence-corrected chi connectivity index (χ0v) is 12.6. The molecule has 1 fully saturated rings. The molecule has 0 aromatic carbocycles. The third-order valence-corrected chi connectivity index (χ3v) is 4.67. The Hall–Kier alpha value is -1.58. The van der Waals surface area contributed by atoms with Gasteiger partial charge in [0, 0.05) is 6.54 Å². The number of aliphatic hydroxyl groups excluding tert-OH is 1. The van der Waals surface area contributed by atoms with Gasteiger partial charge >= 0.3 is 7.60 Å². The second kappa shape index (κ2) is 6.27. The molecule has 0 aliphatic carbocycles. The van der Waals surface area contributed by atoms with Gasteiger partial charge in [0.15, 0.2) is 11.5 Å². The van der Waals surface area contributed by atoms with Crippen molar-refractivity contribution in [3.05, 3.63) is 12.7 Å². The van der Waals surface area contributed by atoms with E-state index in [9.17, 15) is 9.67 Å². The molecule has 0 spiro atoms. The Labute approximate surface area is 125 Å². The summed E-state index contributed by atoms with van der Waals surface area (Å²) < 4.78 is 29.2. The van der Waals surface area contributed by atoms with E-state index in [1.54, 1.807) is 10.9 Å². The summed E-state index contributed by atoms with van der Waals surface area (Å²) in [4.78, 5) is 12.1. The molecule has 2 aromatic rings. The predicted octanol–water partition coefficient (Wildman–Crippen LogP) is -0.0166. The summed E-state index contributed by atoms with van der Waals surface area (Å²) in [5.74, 6) is 0.316. The van der Waals surface area contributed by atoms with Crippen molar-refractivity contribution in [1.82, 2.24) is 19.5 Å². The quantitative estimate of drug-likeness (QED) is 0.573. The summed E-state index contributed by atoms with van der Waals surface area (Å²) in [6.45, 7) is 0.705. The second-order valence-corrected chi connectivity index (χ2v) is 6.76. The van der Waals surface area contributed by atoms with Crippen LogP contribution in [0.3, 0.4) is 0 Å². The minimum absolute atomic E-state index is 0.0109. The zero-order chi connectivity index (χ0) is 15.6. The van der Waals surface area contributed by atoms with Crippen LogP contribution in [-0.4, -0.2) is 56.9 Å².